The van der Waals surface area contributed by atoms with Crippen molar-refractivity contribution in [2.45, 2.75) is 18.9 Å². The van der Waals surface area contributed by atoms with Gasteiger partial charge in [-0.1, -0.05) is 11.6 Å². The predicted molar refractivity (Wildman–Crippen MR) is 79.1 cm³/mol. The van der Waals surface area contributed by atoms with Gasteiger partial charge in [-0.2, -0.15) is 0 Å². The molecule has 110 valence electrons. The molecule has 0 aliphatic rings. The summed E-state index contributed by atoms with van der Waals surface area (Å²) in [4.78, 5) is 22.1. The minimum atomic E-state index is -1.51. The Kier molecular flexibility index (Phi) is 5.79. The van der Waals surface area contributed by atoms with E-state index >= 15 is 0 Å². The van der Waals surface area contributed by atoms with Crippen LogP contribution >= 0.6 is 27.5 Å². The van der Waals surface area contributed by atoms with Crippen LogP contribution in [0.5, 0.6) is 0 Å². The van der Waals surface area contributed by atoms with Gasteiger partial charge in [-0.05, 0) is 41.1 Å². The second-order valence-electron chi connectivity index (χ2n) is 4.50. The molecule has 0 heterocycles. The lowest BCUT2D eigenvalue weighted by Gasteiger charge is -2.21. The summed E-state index contributed by atoms with van der Waals surface area (Å²) in [5, 5.41) is 23.8. The Morgan fingerprint density at radius 3 is 2.65 bits per heavy atom. The lowest BCUT2D eigenvalue weighted by atomic mass is 10.0. The maximum atomic E-state index is 11.6. The zero-order valence-electron chi connectivity index (χ0n) is 10.6. The molecule has 2 amide bonds. The first-order valence-electron chi connectivity index (χ1n) is 5.64. The van der Waals surface area contributed by atoms with Gasteiger partial charge in [0.25, 0.3) is 0 Å². The minimum absolute atomic E-state index is 0.181. The van der Waals surface area contributed by atoms with E-state index < -0.39 is 24.0 Å². The number of carbonyl (C=O) groups is 2. The van der Waals surface area contributed by atoms with E-state index in [-0.39, 0.29) is 6.54 Å². The van der Waals surface area contributed by atoms with Crippen molar-refractivity contribution < 1.29 is 19.8 Å². The largest absolute Gasteiger partial charge is 0.481 e. The number of carboxylic acid groups (broad SMARTS) is 1. The van der Waals surface area contributed by atoms with Gasteiger partial charge in [-0.3, -0.25) is 4.79 Å². The molecule has 1 unspecified atom stereocenters. The average molecular weight is 366 g/mol. The summed E-state index contributed by atoms with van der Waals surface area (Å²) in [6.45, 7) is 1.15. The van der Waals surface area contributed by atoms with Crippen LogP contribution in [0.3, 0.4) is 0 Å². The first kappa shape index (κ1) is 16.7. The molecule has 0 spiro atoms. The summed E-state index contributed by atoms with van der Waals surface area (Å²) >= 11 is 9.05. The van der Waals surface area contributed by atoms with Gasteiger partial charge in [0.1, 0.15) is 0 Å². The summed E-state index contributed by atoms with van der Waals surface area (Å²) in [5.74, 6) is -1.14. The highest BCUT2D eigenvalue weighted by Gasteiger charge is 2.24. The van der Waals surface area contributed by atoms with Gasteiger partial charge in [-0.25, -0.2) is 4.79 Å². The molecular formula is C12H14BrClN2O4. The zero-order chi connectivity index (χ0) is 15.3. The molecule has 1 aromatic carbocycles. The molecule has 0 saturated carbocycles. The van der Waals surface area contributed by atoms with Crippen LogP contribution in [0, 0.1) is 0 Å². The number of carboxylic acids is 1. The molecule has 0 fully saturated rings. The van der Waals surface area contributed by atoms with Gasteiger partial charge in [0.15, 0.2) is 0 Å². The van der Waals surface area contributed by atoms with Crippen molar-refractivity contribution in [2.75, 3.05) is 11.9 Å². The highest BCUT2D eigenvalue weighted by Crippen LogP contribution is 2.25. The fourth-order valence-corrected chi connectivity index (χ4v) is 1.90. The molecule has 0 aliphatic heterocycles. The lowest BCUT2D eigenvalue weighted by Crippen LogP contribution is -2.43. The second kappa shape index (κ2) is 6.92. The summed E-state index contributed by atoms with van der Waals surface area (Å²) in [5.41, 5.74) is -0.999. The summed E-state index contributed by atoms with van der Waals surface area (Å²) in [6, 6.07) is 4.30. The molecule has 0 radical (unpaired) electrons. The van der Waals surface area contributed by atoms with Crippen LogP contribution < -0.4 is 10.6 Å². The fraction of sp³-hybridized carbons (Fsp3) is 0.333. The van der Waals surface area contributed by atoms with Crippen molar-refractivity contribution in [3.05, 3.63) is 27.7 Å². The van der Waals surface area contributed by atoms with E-state index in [4.69, 9.17) is 16.7 Å². The van der Waals surface area contributed by atoms with Gasteiger partial charge < -0.3 is 20.8 Å². The van der Waals surface area contributed by atoms with E-state index in [0.717, 1.165) is 0 Å². The zero-order valence-corrected chi connectivity index (χ0v) is 13.0. The van der Waals surface area contributed by atoms with Crippen LogP contribution in [-0.2, 0) is 4.79 Å². The SMILES string of the molecule is CC(O)(CNC(=O)Nc1ccc(Cl)c(Br)c1)CC(=O)O. The van der Waals surface area contributed by atoms with Crippen molar-refractivity contribution in [1.29, 1.82) is 0 Å². The van der Waals surface area contributed by atoms with Crippen molar-refractivity contribution in [3.63, 3.8) is 0 Å². The minimum Gasteiger partial charge on any atom is -0.481 e. The Hall–Kier alpha value is -1.31. The number of aliphatic hydroxyl groups is 1. The van der Waals surface area contributed by atoms with Crippen LogP contribution in [0.2, 0.25) is 5.02 Å². The highest BCUT2D eigenvalue weighted by molar-refractivity contribution is 9.10. The van der Waals surface area contributed by atoms with Crippen molar-refractivity contribution in [3.8, 4) is 0 Å². The van der Waals surface area contributed by atoms with Crippen LogP contribution in [0.15, 0.2) is 22.7 Å². The Morgan fingerprint density at radius 1 is 1.45 bits per heavy atom. The van der Waals surface area contributed by atoms with Crippen LogP contribution in [0.1, 0.15) is 13.3 Å². The number of benzene rings is 1. The standard InChI is InChI=1S/C12H14BrClN2O4/c1-12(20,5-10(17)18)6-15-11(19)16-7-2-3-9(14)8(13)4-7/h2-4,20H,5-6H2,1H3,(H,17,18)(H2,15,16,19). The van der Waals surface area contributed by atoms with Gasteiger partial charge in [0.2, 0.25) is 0 Å². The van der Waals surface area contributed by atoms with E-state index in [2.05, 4.69) is 26.6 Å². The number of carbonyl (C=O) groups excluding carboxylic acids is 1. The first-order chi connectivity index (χ1) is 9.19. The third-order valence-corrected chi connectivity index (χ3v) is 3.55. The van der Waals surface area contributed by atoms with E-state index in [1.54, 1.807) is 18.2 Å². The monoisotopic (exact) mass is 364 g/mol. The van der Waals surface area contributed by atoms with E-state index in [1.807, 2.05) is 0 Å². The highest BCUT2D eigenvalue weighted by atomic mass is 79.9. The molecular weight excluding hydrogens is 351 g/mol. The third-order valence-electron chi connectivity index (χ3n) is 2.34. The number of hydrogen-bond donors (Lipinski definition) is 4. The van der Waals surface area contributed by atoms with Gasteiger partial charge >= 0.3 is 12.0 Å². The van der Waals surface area contributed by atoms with E-state index in [0.29, 0.717) is 15.2 Å². The molecule has 1 rings (SSSR count). The molecule has 1 atom stereocenters. The molecule has 0 bridgehead atoms. The number of nitrogens with one attached hydrogen (secondary N) is 2. The van der Waals surface area contributed by atoms with Crippen molar-refractivity contribution in [2.24, 2.45) is 0 Å². The lowest BCUT2D eigenvalue weighted by molar-refractivity contribution is -0.141. The third kappa shape index (κ3) is 5.77. The predicted octanol–water partition coefficient (Wildman–Crippen LogP) is 2.45. The average Bonchev–Trinajstić information content (AvgIpc) is 2.30. The molecule has 6 nitrogen and oxygen atoms in total. The summed E-state index contributed by atoms with van der Waals surface area (Å²) in [7, 11) is 0. The van der Waals surface area contributed by atoms with Crippen LogP contribution in [0.25, 0.3) is 0 Å². The number of aliphatic carboxylic acids is 1. The maximum Gasteiger partial charge on any atom is 0.319 e. The van der Waals surface area contributed by atoms with Crippen molar-refractivity contribution in [1.82, 2.24) is 5.32 Å². The number of rotatable bonds is 5. The smallest absolute Gasteiger partial charge is 0.319 e. The Labute approximate surface area is 129 Å². The summed E-state index contributed by atoms with van der Waals surface area (Å²) < 4.78 is 0.634. The number of urea groups is 1. The molecule has 1 aromatic rings. The van der Waals surface area contributed by atoms with E-state index in [1.165, 1.54) is 6.92 Å². The molecule has 0 aliphatic carbocycles. The number of amides is 2. The Bertz CT molecular complexity index is 522. The summed E-state index contributed by atoms with van der Waals surface area (Å²) in [6.07, 6.45) is -0.459. The molecule has 0 aromatic heterocycles. The van der Waals surface area contributed by atoms with Crippen LogP contribution in [-0.4, -0.2) is 34.4 Å². The molecule has 8 heteroatoms. The molecule has 0 saturated heterocycles. The number of hydrogen-bond acceptors (Lipinski definition) is 3. The molecule has 4 N–H and O–H groups in total. The van der Waals surface area contributed by atoms with Gasteiger partial charge in [0.05, 0.1) is 17.0 Å². The van der Waals surface area contributed by atoms with Gasteiger partial charge in [-0.15, -0.1) is 0 Å². The topological polar surface area (TPSA) is 98.7 Å². The maximum absolute atomic E-state index is 11.6. The second-order valence-corrected chi connectivity index (χ2v) is 5.77. The van der Waals surface area contributed by atoms with Gasteiger partial charge in [0, 0.05) is 16.7 Å². The van der Waals surface area contributed by atoms with E-state index in [9.17, 15) is 14.7 Å². The first-order valence-corrected chi connectivity index (χ1v) is 6.81. The Balaban J connectivity index is 2.51. The normalized spacial score (nSPS) is 13.4. The van der Waals surface area contributed by atoms with Crippen LogP contribution in [0.4, 0.5) is 10.5 Å². The van der Waals surface area contributed by atoms with Crippen molar-refractivity contribution >= 4 is 45.2 Å². The Morgan fingerprint density at radius 2 is 2.10 bits per heavy atom. The number of halogens is 2. The number of anilines is 1. The quantitative estimate of drug-likeness (QED) is 0.644. The molecule has 20 heavy (non-hydrogen) atoms. The fourth-order valence-electron chi connectivity index (χ4n) is 1.41.